The Hall–Kier alpha value is -0.893. The summed E-state index contributed by atoms with van der Waals surface area (Å²) in [7, 11) is -0.450. The lowest BCUT2D eigenvalue weighted by Crippen LogP contribution is -2.15. The minimum absolute atomic E-state index is 0.0549. The second kappa shape index (κ2) is 5.26. The second-order valence-electron chi connectivity index (χ2n) is 2.62. The van der Waals surface area contributed by atoms with E-state index in [4.69, 9.17) is 10.2 Å². The van der Waals surface area contributed by atoms with Gasteiger partial charge in [-0.3, -0.25) is 0 Å². The molecule has 0 spiro atoms. The number of hydrogen-bond acceptors (Lipinski definition) is 3. The number of benzene rings is 1. The Morgan fingerprint density at radius 2 is 1.73 bits per heavy atom. The molecule has 7 heteroatoms. The summed E-state index contributed by atoms with van der Waals surface area (Å²) in [5.41, 5.74) is -0.0760. The lowest BCUT2D eigenvalue weighted by atomic mass is 10.2. The van der Waals surface area contributed by atoms with Crippen LogP contribution in [0.25, 0.3) is 0 Å². The van der Waals surface area contributed by atoms with Gasteiger partial charge in [-0.05, 0) is 17.7 Å². The van der Waals surface area contributed by atoms with Gasteiger partial charge in [-0.25, -0.2) is 13.2 Å². The summed E-state index contributed by atoms with van der Waals surface area (Å²) in [6.07, 6.45) is 0. The fourth-order valence-corrected chi connectivity index (χ4v) is 1.55. The zero-order valence-electron chi connectivity index (χ0n) is 7.38. The molecule has 1 rings (SSSR count). The molecule has 2 N–H and O–H groups in total. The van der Waals surface area contributed by atoms with Gasteiger partial charge in [0, 0.05) is 6.07 Å². The first kappa shape index (κ1) is 12.2. The van der Waals surface area contributed by atoms with E-state index in [1.807, 2.05) is 0 Å². The summed E-state index contributed by atoms with van der Waals surface area (Å²) >= 11 is 0. The van der Waals surface area contributed by atoms with Crippen LogP contribution >= 0.6 is 0 Å². The van der Waals surface area contributed by atoms with Gasteiger partial charge in [-0.1, -0.05) is 0 Å². The van der Waals surface area contributed by atoms with Crippen LogP contribution in [0.15, 0.2) is 12.1 Å². The molecule has 0 atom stereocenters. The molecular weight excluding hydrogens is 229 g/mol. The SMILES string of the molecule is OC(O)O[Si]Cc1cc(F)c(F)cc1F. The molecule has 15 heavy (non-hydrogen) atoms. The van der Waals surface area contributed by atoms with Crippen LogP contribution in [0.2, 0.25) is 0 Å². The van der Waals surface area contributed by atoms with E-state index in [0.29, 0.717) is 12.1 Å². The van der Waals surface area contributed by atoms with Gasteiger partial charge in [0.1, 0.15) is 5.82 Å². The summed E-state index contributed by atoms with van der Waals surface area (Å²) in [4.78, 5) is 0. The second-order valence-corrected chi connectivity index (χ2v) is 3.50. The van der Waals surface area contributed by atoms with Crippen LogP contribution in [0.5, 0.6) is 0 Å². The summed E-state index contributed by atoms with van der Waals surface area (Å²) < 4.78 is 42.5. The Bertz CT molecular complexity index is 346. The quantitative estimate of drug-likeness (QED) is 0.455. The zero-order chi connectivity index (χ0) is 11.4. The van der Waals surface area contributed by atoms with E-state index >= 15 is 0 Å². The van der Waals surface area contributed by atoms with E-state index in [2.05, 4.69) is 4.43 Å². The zero-order valence-corrected chi connectivity index (χ0v) is 8.38. The molecule has 0 aliphatic carbocycles. The topological polar surface area (TPSA) is 49.7 Å². The summed E-state index contributed by atoms with van der Waals surface area (Å²) in [6, 6.07) is 1.09. The molecule has 1 aromatic carbocycles. The first-order valence-electron chi connectivity index (χ1n) is 3.88. The lowest BCUT2D eigenvalue weighted by Gasteiger charge is -2.05. The molecule has 0 aliphatic heterocycles. The molecule has 0 bridgehead atoms. The number of hydrogen-bond donors (Lipinski definition) is 2. The maximum atomic E-state index is 13.0. The van der Waals surface area contributed by atoms with Crippen molar-refractivity contribution in [3.8, 4) is 0 Å². The predicted molar refractivity (Wildman–Crippen MR) is 45.1 cm³/mol. The van der Waals surface area contributed by atoms with Crippen molar-refractivity contribution in [2.45, 2.75) is 12.5 Å². The highest BCUT2D eigenvalue weighted by Gasteiger charge is 2.10. The van der Waals surface area contributed by atoms with Crippen LogP contribution in [0.4, 0.5) is 13.2 Å². The van der Waals surface area contributed by atoms with Crippen molar-refractivity contribution in [3.63, 3.8) is 0 Å². The van der Waals surface area contributed by atoms with Crippen molar-refractivity contribution in [2.24, 2.45) is 0 Å². The Balaban J connectivity index is 2.65. The average Bonchev–Trinajstić information content (AvgIpc) is 2.13. The largest absolute Gasteiger partial charge is 0.372 e. The van der Waals surface area contributed by atoms with Crippen molar-refractivity contribution in [2.75, 3.05) is 0 Å². The summed E-state index contributed by atoms with van der Waals surface area (Å²) in [5.74, 6) is -3.30. The third kappa shape index (κ3) is 3.63. The number of halogens is 3. The molecule has 0 aromatic heterocycles. The maximum absolute atomic E-state index is 13.0. The number of aliphatic hydroxyl groups is 2. The molecule has 1 aromatic rings. The van der Waals surface area contributed by atoms with E-state index in [-0.39, 0.29) is 11.6 Å². The minimum atomic E-state index is -1.95. The van der Waals surface area contributed by atoms with Gasteiger partial charge >= 0.3 is 0 Å². The van der Waals surface area contributed by atoms with E-state index in [0.717, 1.165) is 0 Å². The van der Waals surface area contributed by atoms with Crippen LogP contribution in [0.3, 0.4) is 0 Å². The van der Waals surface area contributed by atoms with Crippen LogP contribution < -0.4 is 0 Å². The summed E-state index contributed by atoms with van der Waals surface area (Å²) in [5, 5.41) is 16.6. The normalized spacial score (nSPS) is 11.1. The van der Waals surface area contributed by atoms with Crippen LogP contribution in [0, 0.1) is 17.5 Å². The molecule has 0 fully saturated rings. The Morgan fingerprint density at radius 3 is 2.33 bits per heavy atom. The molecule has 0 unspecified atom stereocenters. The van der Waals surface area contributed by atoms with Gasteiger partial charge in [0.15, 0.2) is 11.6 Å². The Morgan fingerprint density at radius 1 is 1.13 bits per heavy atom. The molecular formula is C8H7F3O3Si. The standard InChI is InChI=1S/C8H7F3O3Si/c9-5-2-7(11)6(10)1-4(5)3-15-14-8(12)13/h1-2,8,12-13H,3H2. The van der Waals surface area contributed by atoms with Crippen LogP contribution in [0.1, 0.15) is 5.56 Å². The van der Waals surface area contributed by atoms with E-state index in [9.17, 15) is 13.2 Å². The fraction of sp³-hybridized carbons (Fsp3) is 0.250. The van der Waals surface area contributed by atoms with Gasteiger partial charge in [-0.2, -0.15) is 0 Å². The molecule has 82 valence electrons. The first-order valence-corrected chi connectivity index (χ1v) is 5.00. The van der Waals surface area contributed by atoms with Gasteiger partial charge in [0.05, 0.1) is 0 Å². The van der Waals surface area contributed by atoms with Crippen LogP contribution in [-0.2, 0) is 10.5 Å². The van der Waals surface area contributed by atoms with Crippen molar-refractivity contribution in [1.29, 1.82) is 0 Å². The molecule has 2 radical (unpaired) electrons. The van der Waals surface area contributed by atoms with E-state index in [1.54, 1.807) is 0 Å². The highest BCUT2D eigenvalue weighted by Crippen LogP contribution is 2.13. The molecule has 0 saturated heterocycles. The van der Waals surface area contributed by atoms with Gasteiger partial charge in [0.2, 0.25) is 9.76 Å². The number of aliphatic hydroxyl groups excluding tert-OH is 1. The predicted octanol–water partition coefficient (Wildman–Crippen LogP) is 0.508. The Kier molecular flexibility index (Phi) is 4.27. The number of rotatable bonds is 4. The lowest BCUT2D eigenvalue weighted by molar-refractivity contribution is -0.180. The van der Waals surface area contributed by atoms with Gasteiger partial charge in [0.25, 0.3) is 6.48 Å². The van der Waals surface area contributed by atoms with Gasteiger partial charge < -0.3 is 14.6 Å². The van der Waals surface area contributed by atoms with Crippen LogP contribution in [-0.4, -0.2) is 26.5 Å². The van der Waals surface area contributed by atoms with Crippen molar-refractivity contribution in [1.82, 2.24) is 0 Å². The highest BCUT2D eigenvalue weighted by atomic mass is 28.2. The fourth-order valence-electron chi connectivity index (χ4n) is 0.893. The smallest absolute Gasteiger partial charge is 0.256 e. The van der Waals surface area contributed by atoms with Crippen molar-refractivity contribution >= 4 is 9.76 Å². The monoisotopic (exact) mass is 236 g/mol. The molecule has 0 aliphatic rings. The molecule has 0 amide bonds. The third-order valence-electron chi connectivity index (χ3n) is 1.54. The van der Waals surface area contributed by atoms with Gasteiger partial charge in [-0.15, -0.1) is 0 Å². The molecule has 0 heterocycles. The average molecular weight is 236 g/mol. The van der Waals surface area contributed by atoms with Crippen molar-refractivity contribution < 1.29 is 27.8 Å². The Labute approximate surface area is 86.1 Å². The first-order chi connectivity index (χ1) is 7.00. The molecule has 3 nitrogen and oxygen atoms in total. The van der Waals surface area contributed by atoms with E-state index < -0.39 is 33.7 Å². The highest BCUT2D eigenvalue weighted by molar-refractivity contribution is 6.26. The summed E-state index contributed by atoms with van der Waals surface area (Å²) in [6.45, 7) is -1.95. The third-order valence-corrected chi connectivity index (χ3v) is 2.44. The van der Waals surface area contributed by atoms with E-state index in [1.165, 1.54) is 0 Å². The van der Waals surface area contributed by atoms with Crippen molar-refractivity contribution in [3.05, 3.63) is 35.1 Å². The minimum Gasteiger partial charge on any atom is -0.372 e. The molecule has 0 saturated carbocycles. The maximum Gasteiger partial charge on any atom is 0.256 e.